The molecule has 0 bridgehead atoms. The van der Waals surface area contributed by atoms with Crippen molar-refractivity contribution in [3.63, 3.8) is 0 Å². The van der Waals surface area contributed by atoms with Gasteiger partial charge in [-0.25, -0.2) is 4.39 Å². The number of benzene rings is 3. The van der Waals surface area contributed by atoms with Gasteiger partial charge in [-0.3, -0.25) is 4.79 Å². The van der Waals surface area contributed by atoms with Crippen molar-refractivity contribution in [2.24, 2.45) is 5.92 Å². The lowest BCUT2D eigenvalue weighted by atomic mass is 9.82. The van der Waals surface area contributed by atoms with Gasteiger partial charge in [0.1, 0.15) is 5.82 Å². The van der Waals surface area contributed by atoms with Crippen molar-refractivity contribution in [2.45, 2.75) is 19.3 Å². The normalized spacial score (nSPS) is 16.7. The summed E-state index contributed by atoms with van der Waals surface area (Å²) < 4.78 is 15.2. The Balaban J connectivity index is 0.000000313. The van der Waals surface area contributed by atoms with Crippen LogP contribution < -0.4 is 15.8 Å². The first-order valence-corrected chi connectivity index (χ1v) is 12.6. The topological polar surface area (TPSA) is 29.1 Å². The smallest absolute Gasteiger partial charge is 0.172 e. The number of allylic oxidation sites excluding steroid dienone is 4. The third kappa shape index (κ3) is 4.98. The molecule has 0 saturated heterocycles. The summed E-state index contributed by atoms with van der Waals surface area (Å²) in [5.74, 6) is -0.843. The number of carbonyl (C=O) groups excluding carboxylic acids is 1. The molecule has 35 heavy (non-hydrogen) atoms. The first kappa shape index (κ1) is 23.3. The van der Waals surface area contributed by atoms with Crippen molar-refractivity contribution in [1.82, 2.24) is 5.32 Å². The number of hydrogen-bond acceptors (Lipinski definition) is 2. The van der Waals surface area contributed by atoms with E-state index in [9.17, 15) is 9.18 Å². The molecule has 0 spiro atoms. The molecule has 1 aliphatic heterocycles. The maximum atomic E-state index is 14.1. The van der Waals surface area contributed by atoms with E-state index in [4.69, 9.17) is 0 Å². The van der Waals surface area contributed by atoms with Crippen molar-refractivity contribution < 1.29 is 9.18 Å². The molecule has 3 aliphatic rings. The molecule has 0 aromatic heterocycles. The predicted molar refractivity (Wildman–Crippen MR) is 145 cm³/mol. The number of aryl methyl sites for hydroxylation is 1. The summed E-state index contributed by atoms with van der Waals surface area (Å²) in [6, 6.07) is 17.1. The first-order chi connectivity index (χ1) is 17.1. The van der Waals surface area contributed by atoms with Crippen LogP contribution in [-0.2, 0) is 12.8 Å². The molecule has 1 atom stereocenters. The van der Waals surface area contributed by atoms with Gasteiger partial charge in [0.05, 0.1) is 5.56 Å². The summed E-state index contributed by atoms with van der Waals surface area (Å²) in [6.07, 6.45) is 18.3. The zero-order valence-corrected chi connectivity index (χ0v) is 20.8. The van der Waals surface area contributed by atoms with E-state index in [0.717, 1.165) is 29.0 Å². The van der Waals surface area contributed by atoms with Gasteiger partial charge < -0.3 is 5.32 Å². The van der Waals surface area contributed by atoms with E-state index in [1.54, 1.807) is 18.2 Å². The van der Waals surface area contributed by atoms with Crippen LogP contribution in [0.4, 0.5) is 4.39 Å². The molecule has 1 heterocycles. The van der Waals surface area contributed by atoms with E-state index in [0.29, 0.717) is 0 Å². The Morgan fingerprint density at radius 1 is 0.886 bits per heavy atom. The molecular weight excluding hydrogens is 501 g/mol. The fourth-order valence-electron chi connectivity index (χ4n) is 4.83. The molecule has 0 fully saturated rings. The van der Waals surface area contributed by atoms with E-state index in [1.165, 1.54) is 33.5 Å². The van der Waals surface area contributed by atoms with E-state index in [1.807, 2.05) is 36.7 Å². The number of hydrogen-bond donors (Lipinski definition) is 1. The maximum absolute atomic E-state index is 14.1. The van der Waals surface area contributed by atoms with Crippen LogP contribution >= 0.6 is 15.9 Å². The van der Waals surface area contributed by atoms with Crippen LogP contribution in [0, 0.1) is 11.7 Å². The number of ketones is 1. The van der Waals surface area contributed by atoms with Crippen LogP contribution in [0.3, 0.4) is 0 Å². The quantitative estimate of drug-likeness (QED) is 0.416. The lowest BCUT2D eigenvalue weighted by Crippen LogP contribution is -2.37. The molecule has 2 nitrogen and oxygen atoms in total. The highest BCUT2D eigenvalue weighted by atomic mass is 79.9. The molecule has 4 heteroatoms. The molecule has 174 valence electrons. The molecule has 0 radical (unpaired) electrons. The van der Waals surface area contributed by atoms with Crippen molar-refractivity contribution in [3.05, 3.63) is 129 Å². The molecule has 1 N–H and O–H groups in total. The standard InChI is InChI=1S/C25H18BrFO.C6H7N/c26-18-9-12-19-16(13-18)8-11-21-20(19)10-7-15-5-6-17(14-23(15)21)25(28)22-3-1-2-4-24(22)27;1-2-4-6-7-5-3-1/h1-4,7,9-14,17H,5-6,8H2;1-7H. The Kier molecular flexibility index (Phi) is 6.91. The summed E-state index contributed by atoms with van der Waals surface area (Å²) in [7, 11) is 0. The minimum Gasteiger partial charge on any atom is -0.368 e. The maximum Gasteiger partial charge on any atom is 0.172 e. The first-order valence-electron chi connectivity index (χ1n) is 11.8. The van der Waals surface area contributed by atoms with E-state index < -0.39 is 5.82 Å². The van der Waals surface area contributed by atoms with E-state index >= 15 is 0 Å². The second kappa shape index (κ2) is 10.4. The van der Waals surface area contributed by atoms with Crippen LogP contribution in [0.5, 0.6) is 0 Å². The second-order valence-corrected chi connectivity index (χ2v) is 9.65. The van der Waals surface area contributed by atoms with Gasteiger partial charge >= 0.3 is 0 Å². The van der Waals surface area contributed by atoms with Gasteiger partial charge in [-0.1, -0.05) is 70.6 Å². The highest BCUT2D eigenvalue weighted by molar-refractivity contribution is 9.10. The molecule has 0 saturated carbocycles. The zero-order chi connectivity index (χ0) is 24.2. The molecule has 0 amide bonds. The van der Waals surface area contributed by atoms with Gasteiger partial charge in [0, 0.05) is 22.8 Å². The number of fused-ring (bicyclic) bond motifs is 5. The monoisotopic (exact) mass is 525 g/mol. The van der Waals surface area contributed by atoms with Crippen molar-refractivity contribution >= 4 is 33.9 Å². The highest BCUT2D eigenvalue weighted by Crippen LogP contribution is 2.28. The van der Waals surface area contributed by atoms with Crippen LogP contribution in [0.15, 0.2) is 95.8 Å². The largest absolute Gasteiger partial charge is 0.368 e. The summed E-state index contributed by atoms with van der Waals surface area (Å²) in [4.78, 5) is 12.9. The molecule has 1 unspecified atom stereocenters. The highest BCUT2D eigenvalue weighted by Gasteiger charge is 2.24. The average molecular weight is 526 g/mol. The van der Waals surface area contributed by atoms with Gasteiger partial charge in [0.2, 0.25) is 0 Å². The van der Waals surface area contributed by atoms with E-state index in [-0.39, 0.29) is 17.3 Å². The number of Topliss-reactive ketones (excluding diaryl/α,β-unsaturated/α-hetero) is 1. The molecule has 3 aromatic carbocycles. The number of carbonyl (C=O) groups is 1. The zero-order valence-electron chi connectivity index (χ0n) is 19.2. The van der Waals surface area contributed by atoms with Gasteiger partial charge in [-0.05, 0) is 88.4 Å². The molecule has 6 rings (SSSR count). The van der Waals surface area contributed by atoms with Crippen molar-refractivity contribution in [2.75, 3.05) is 0 Å². The summed E-state index contributed by atoms with van der Waals surface area (Å²) in [6.45, 7) is 0. The van der Waals surface area contributed by atoms with Crippen molar-refractivity contribution in [3.8, 4) is 11.1 Å². The Morgan fingerprint density at radius 3 is 2.46 bits per heavy atom. The lowest BCUT2D eigenvalue weighted by molar-refractivity contribution is 0.0942. The molecular formula is C31H25BrFNO. The van der Waals surface area contributed by atoms with E-state index in [2.05, 4.69) is 63.7 Å². The predicted octanol–water partition coefficient (Wildman–Crippen LogP) is 5.99. The van der Waals surface area contributed by atoms with Crippen LogP contribution in [-0.4, -0.2) is 5.78 Å². The van der Waals surface area contributed by atoms with Crippen LogP contribution in [0.25, 0.3) is 23.3 Å². The number of halogens is 2. The minimum absolute atomic E-state index is 0.124. The fourth-order valence-corrected chi connectivity index (χ4v) is 5.23. The number of rotatable bonds is 2. The van der Waals surface area contributed by atoms with Gasteiger partial charge in [-0.15, -0.1) is 0 Å². The third-order valence-electron chi connectivity index (χ3n) is 6.55. The second-order valence-electron chi connectivity index (χ2n) is 8.74. The van der Waals surface area contributed by atoms with Crippen molar-refractivity contribution in [1.29, 1.82) is 0 Å². The lowest BCUT2D eigenvalue weighted by Gasteiger charge is -2.21. The molecule has 2 aliphatic carbocycles. The van der Waals surface area contributed by atoms with Crippen LogP contribution in [0.1, 0.15) is 27.9 Å². The van der Waals surface area contributed by atoms with Gasteiger partial charge in [0.15, 0.2) is 5.78 Å². The number of nitrogens with one attached hydrogen (secondary N) is 1. The summed E-state index contributed by atoms with van der Waals surface area (Å²) in [5.41, 5.74) is 5.23. The Bertz CT molecular complexity index is 1480. The van der Waals surface area contributed by atoms with Gasteiger partial charge in [-0.2, -0.15) is 0 Å². The minimum atomic E-state index is -0.437. The fraction of sp³-hybridized carbons (Fsp3) is 0.129. The summed E-state index contributed by atoms with van der Waals surface area (Å²) in [5, 5.41) is 5.28. The summed E-state index contributed by atoms with van der Waals surface area (Å²) >= 11 is 3.55. The molecule has 3 aromatic rings. The average Bonchev–Trinajstić information content (AvgIpc) is 3.21. The van der Waals surface area contributed by atoms with Gasteiger partial charge in [0.25, 0.3) is 0 Å². The Morgan fingerprint density at radius 2 is 1.66 bits per heavy atom. The SMILES string of the molecule is C1=CC=CNC=C1.O=C(c1ccccc1F)C1C=c2c(ccc3c2=CCc2cc(Br)ccc2-3)CC1. The third-order valence-corrected chi connectivity index (χ3v) is 7.04. The van der Waals surface area contributed by atoms with Crippen LogP contribution in [0.2, 0.25) is 0 Å². The Labute approximate surface area is 213 Å². The Hall–Kier alpha value is -3.50.